The highest BCUT2D eigenvalue weighted by Crippen LogP contribution is 2.39. The van der Waals surface area contributed by atoms with Crippen LogP contribution in [0.5, 0.6) is 0 Å². The lowest BCUT2D eigenvalue weighted by Crippen LogP contribution is -2.44. The van der Waals surface area contributed by atoms with Gasteiger partial charge >= 0.3 is 0 Å². The van der Waals surface area contributed by atoms with Gasteiger partial charge in [0.15, 0.2) is 0 Å². The van der Waals surface area contributed by atoms with Crippen LogP contribution in [0, 0.1) is 19.7 Å². The Balaban J connectivity index is 1.48. The summed E-state index contributed by atoms with van der Waals surface area (Å²) in [5.41, 5.74) is 2.41. The average Bonchev–Trinajstić information content (AvgIpc) is 3.11. The Morgan fingerprint density at radius 3 is 2.68 bits per heavy atom. The topological polar surface area (TPSA) is 49.6 Å². The molecule has 4 rings (SSSR count). The summed E-state index contributed by atoms with van der Waals surface area (Å²) >= 11 is 0. The number of amides is 1. The van der Waals surface area contributed by atoms with E-state index in [0.29, 0.717) is 17.0 Å². The standard InChI is InChI=1S/C22H28FN3O2/c1-16-20(17(2)28-24-16)21(27)25-11-4-8-22(10-13-25)9-5-12-26(22)15-18-6-3-7-19(23)14-18/h3,6-7,14H,4-5,8-13,15H2,1-2H3/t22-/m0/s1. The van der Waals surface area contributed by atoms with Crippen LogP contribution in [0.25, 0.3) is 0 Å². The van der Waals surface area contributed by atoms with Crippen LogP contribution in [0.3, 0.4) is 0 Å². The molecule has 1 amide bonds. The maximum atomic E-state index is 13.6. The van der Waals surface area contributed by atoms with Crippen molar-refractivity contribution in [3.8, 4) is 0 Å². The van der Waals surface area contributed by atoms with Crippen molar-refractivity contribution in [1.29, 1.82) is 0 Å². The fourth-order valence-electron chi connectivity index (χ4n) is 4.99. The lowest BCUT2D eigenvalue weighted by atomic mass is 9.87. The van der Waals surface area contributed by atoms with Crippen LogP contribution in [-0.4, -0.2) is 46.0 Å². The second-order valence-electron chi connectivity index (χ2n) is 8.22. The monoisotopic (exact) mass is 385 g/mol. The molecule has 0 saturated carbocycles. The van der Waals surface area contributed by atoms with Crippen LogP contribution in [-0.2, 0) is 6.54 Å². The molecule has 0 N–H and O–H groups in total. The van der Waals surface area contributed by atoms with Crippen LogP contribution in [0.1, 0.15) is 59.5 Å². The predicted octanol–water partition coefficient (Wildman–Crippen LogP) is 4.09. The predicted molar refractivity (Wildman–Crippen MR) is 105 cm³/mol. The van der Waals surface area contributed by atoms with E-state index in [9.17, 15) is 9.18 Å². The second kappa shape index (κ2) is 7.66. The molecule has 0 bridgehead atoms. The summed E-state index contributed by atoms with van der Waals surface area (Å²) in [4.78, 5) is 17.5. The Morgan fingerprint density at radius 1 is 1.18 bits per heavy atom. The van der Waals surface area contributed by atoms with E-state index < -0.39 is 0 Å². The summed E-state index contributed by atoms with van der Waals surface area (Å²) in [7, 11) is 0. The van der Waals surface area contributed by atoms with Crippen LogP contribution < -0.4 is 0 Å². The van der Waals surface area contributed by atoms with Gasteiger partial charge in [0.2, 0.25) is 0 Å². The van der Waals surface area contributed by atoms with Gasteiger partial charge in [0.1, 0.15) is 17.1 Å². The number of carbonyl (C=O) groups excluding carboxylic acids is 1. The first kappa shape index (κ1) is 19.1. The van der Waals surface area contributed by atoms with Crippen molar-refractivity contribution in [2.24, 2.45) is 0 Å². The zero-order chi connectivity index (χ0) is 19.7. The van der Waals surface area contributed by atoms with E-state index in [1.807, 2.05) is 17.9 Å². The van der Waals surface area contributed by atoms with Crippen molar-refractivity contribution in [2.45, 2.75) is 58.0 Å². The molecule has 28 heavy (non-hydrogen) atoms. The molecule has 1 atom stereocenters. The van der Waals surface area contributed by atoms with Crippen molar-refractivity contribution < 1.29 is 13.7 Å². The minimum absolute atomic E-state index is 0.0305. The summed E-state index contributed by atoms with van der Waals surface area (Å²) in [6.07, 6.45) is 5.32. The van der Waals surface area contributed by atoms with Crippen molar-refractivity contribution in [3.05, 3.63) is 52.7 Å². The molecular formula is C22H28FN3O2. The molecule has 2 fully saturated rings. The van der Waals surface area contributed by atoms with E-state index in [0.717, 1.165) is 63.8 Å². The molecule has 1 aromatic heterocycles. The molecule has 6 heteroatoms. The summed E-state index contributed by atoms with van der Waals surface area (Å²) in [5.74, 6) is 0.445. The molecule has 5 nitrogen and oxygen atoms in total. The summed E-state index contributed by atoms with van der Waals surface area (Å²) in [5, 5.41) is 3.93. The number of aromatic nitrogens is 1. The number of hydrogen-bond donors (Lipinski definition) is 0. The normalized spacial score (nSPS) is 23.3. The lowest BCUT2D eigenvalue weighted by molar-refractivity contribution is 0.0735. The van der Waals surface area contributed by atoms with Crippen molar-refractivity contribution in [1.82, 2.24) is 15.0 Å². The first-order valence-electron chi connectivity index (χ1n) is 10.2. The number of halogens is 1. The number of likely N-dealkylation sites (tertiary alicyclic amines) is 2. The highest BCUT2D eigenvalue weighted by atomic mass is 19.1. The van der Waals surface area contributed by atoms with Gasteiger partial charge in [-0.05, 0) is 70.2 Å². The molecule has 2 saturated heterocycles. The fourth-order valence-corrected chi connectivity index (χ4v) is 4.99. The lowest BCUT2D eigenvalue weighted by Gasteiger charge is -2.38. The minimum Gasteiger partial charge on any atom is -0.361 e. The van der Waals surface area contributed by atoms with Gasteiger partial charge in [-0.1, -0.05) is 17.3 Å². The summed E-state index contributed by atoms with van der Waals surface area (Å²) < 4.78 is 18.8. The number of carbonyl (C=O) groups is 1. The highest BCUT2D eigenvalue weighted by molar-refractivity contribution is 5.96. The van der Waals surface area contributed by atoms with Crippen molar-refractivity contribution >= 4 is 5.91 Å². The van der Waals surface area contributed by atoms with E-state index in [2.05, 4.69) is 10.1 Å². The Labute approximate surface area is 165 Å². The van der Waals surface area contributed by atoms with E-state index in [-0.39, 0.29) is 17.3 Å². The molecule has 0 aliphatic carbocycles. The van der Waals surface area contributed by atoms with Gasteiger partial charge < -0.3 is 9.42 Å². The Kier molecular flexibility index (Phi) is 5.23. The molecule has 3 heterocycles. The Hall–Kier alpha value is -2.21. The van der Waals surface area contributed by atoms with Gasteiger partial charge in [-0.15, -0.1) is 0 Å². The number of hydrogen-bond acceptors (Lipinski definition) is 4. The van der Waals surface area contributed by atoms with Crippen LogP contribution in [0.2, 0.25) is 0 Å². The third-order valence-corrected chi connectivity index (χ3v) is 6.46. The molecule has 150 valence electrons. The third-order valence-electron chi connectivity index (χ3n) is 6.46. The largest absolute Gasteiger partial charge is 0.361 e. The molecule has 2 aliphatic heterocycles. The van der Waals surface area contributed by atoms with Gasteiger partial charge in [0.25, 0.3) is 5.91 Å². The van der Waals surface area contributed by atoms with Gasteiger partial charge in [0.05, 0.1) is 5.69 Å². The zero-order valence-corrected chi connectivity index (χ0v) is 16.7. The van der Waals surface area contributed by atoms with Crippen molar-refractivity contribution in [2.75, 3.05) is 19.6 Å². The number of benzene rings is 1. The Bertz CT molecular complexity index is 846. The number of aryl methyl sites for hydroxylation is 2. The molecule has 1 aromatic carbocycles. The fraction of sp³-hybridized carbons (Fsp3) is 0.545. The molecule has 2 aliphatic rings. The van der Waals surface area contributed by atoms with E-state index >= 15 is 0 Å². The average molecular weight is 385 g/mol. The third kappa shape index (κ3) is 3.58. The van der Waals surface area contributed by atoms with Gasteiger partial charge in [-0.2, -0.15) is 0 Å². The molecular weight excluding hydrogens is 357 g/mol. The highest BCUT2D eigenvalue weighted by Gasteiger charge is 2.42. The van der Waals surface area contributed by atoms with Gasteiger partial charge in [-0.25, -0.2) is 4.39 Å². The molecule has 0 radical (unpaired) electrons. The van der Waals surface area contributed by atoms with Gasteiger partial charge in [0, 0.05) is 25.2 Å². The number of rotatable bonds is 3. The van der Waals surface area contributed by atoms with Gasteiger partial charge in [-0.3, -0.25) is 9.69 Å². The number of nitrogens with zero attached hydrogens (tertiary/aromatic N) is 3. The van der Waals surface area contributed by atoms with Crippen molar-refractivity contribution in [3.63, 3.8) is 0 Å². The minimum atomic E-state index is -0.178. The Morgan fingerprint density at radius 2 is 1.96 bits per heavy atom. The smallest absolute Gasteiger partial charge is 0.259 e. The molecule has 0 unspecified atom stereocenters. The maximum Gasteiger partial charge on any atom is 0.259 e. The van der Waals surface area contributed by atoms with Crippen LogP contribution in [0.15, 0.2) is 28.8 Å². The van der Waals surface area contributed by atoms with Crippen LogP contribution >= 0.6 is 0 Å². The SMILES string of the molecule is Cc1noc(C)c1C(=O)N1CCC[C@]2(CCCN2Cc2cccc(F)c2)CC1. The maximum absolute atomic E-state index is 13.6. The van der Waals surface area contributed by atoms with Crippen LogP contribution in [0.4, 0.5) is 4.39 Å². The molecule has 2 aromatic rings. The first-order valence-corrected chi connectivity index (χ1v) is 10.2. The first-order chi connectivity index (χ1) is 13.5. The quantitative estimate of drug-likeness (QED) is 0.798. The van der Waals surface area contributed by atoms with E-state index in [1.165, 1.54) is 6.07 Å². The summed E-state index contributed by atoms with van der Waals surface area (Å²) in [6, 6.07) is 6.91. The second-order valence-corrected chi connectivity index (χ2v) is 8.22. The zero-order valence-electron chi connectivity index (χ0n) is 16.7. The molecule has 1 spiro atoms. The van der Waals surface area contributed by atoms with E-state index in [4.69, 9.17) is 4.52 Å². The summed E-state index contributed by atoms with van der Waals surface area (Å²) in [6.45, 7) is 6.93. The van der Waals surface area contributed by atoms with E-state index in [1.54, 1.807) is 19.1 Å².